The molecule has 146 valence electrons. The Hall–Kier alpha value is -2.50. The first-order valence-electron chi connectivity index (χ1n) is 8.82. The summed E-state index contributed by atoms with van der Waals surface area (Å²) in [5.74, 6) is 1.05. The zero-order valence-corrected chi connectivity index (χ0v) is 17.3. The van der Waals surface area contributed by atoms with Gasteiger partial charge in [0.1, 0.15) is 0 Å². The van der Waals surface area contributed by atoms with Crippen LogP contribution in [0.3, 0.4) is 0 Å². The molecule has 28 heavy (non-hydrogen) atoms. The lowest BCUT2D eigenvalue weighted by molar-refractivity contribution is -0.114. The van der Waals surface area contributed by atoms with E-state index in [-0.39, 0.29) is 5.91 Å². The van der Waals surface area contributed by atoms with Gasteiger partial charge in [-0.1, -0.05) is 36.2 Å². The van der Waals surface area contributed by atoms with Gasteiger partial charge in [-0.15, -0.1) is 0 Å². The number of ether oxygens (including phenoxy) is 2. The van der Waals surface area contributed by atoms with Crippen LogP contribution >= 0.6 is 23.2 Å². The summed E-state index contributed by atoms with van der Waals surface area (Å²) in [5, 5.41) is 6.47. The smallest absolute Gasteiger partial charge is 0.280 e. The van der Waals surface area contributed by atoms with Gasteiger partial charge in [0.15, 0.2) is 11.5 Å². The molecule has 0 N–H and O–H groups in total. The van der Waals surface area contributed by atoms with Crippen LogP contribution in [0.25, 0.3) is 6.08 Å². The number of carbonyl (C=O) groups excluding carboxylic acids is 1. The average molecular weight is 419 g/mol. The molecule has 0 radical (unpaired) electrons. The van der Waals surface area contributed by atoms with Crippen molar-refractivity contribution in [2.45, 2.75) is 20.3 Å². The lowest BCUT2D eigenvalue weighted by Gasteiger charge is -2.13. The zero-order chi connectivity index (χ0) is 20.3. The summed E-state index contributed by atoms with van der Waals surface area (Å²) in [5.41, 5.74) is 2.48. The first kappa shape index (κ1) is 20.2. The standard InChI is InChI=1S/C21H20Cl2N2O3/c1-4-9-28-19-8-5-14(11-20(19)27-3)10-16-13(2)24-25(21(16)26)15-6-7-17(22)18(23)12-15/h5-8,10-12H,4,9H2,1-3H3. The Labute approximate surface area is 174 Å². The van der Waals surface area contributed by atoms with Crippen molar-refractivity contribution < 1.29 is 14.3 Å². The Morgan fingerprint density at radius 3 is 2.57 bits per heavy atom. The third kappa shape index (κ3) is 4.16. The molecule has 0 aromatic heterocycles. The van der Waals surface area contributed by atoms with E-state index in [4.69, 9.17) is 32.7 Å². The van der Waals surface area contributed by atoms with E-state index in [2.05, 4.69) is 5.10 Å². The van der Waals surface area contributed by atoms with E-state index < -0.39 is 0 Å². The Morgan fingerprint density at radius 2 is 1.89 bits per heavy atom. The van der Waals surface area contributed by atoms with Crippen LogP contribution in [0, 0.1) is 0 Å². The van der Waals surface area contributed by atoms with E-state index in [1.54, 1.807) is 38.3 Å². The maximum absolute atomic E-state index is 12.9. The molecule has 0 spiro atoms. The van der Waals surface area contributed by atoms with Crippen molar-refractivity contribution >= 4 is 46.6 Å². The van der Waals surface area contributed by atoms with Crippen molar-refractivity contribution in [3.05, 3.63) is 57.6 Å². The predicted molar refractivity (Wildman–Crippen MR) is 114 cm³/mol. The van der Waals surface area contributed by atoms with Crippen molar-refractivity contribution in [2.24, 2.45) is 5.10 Å². The SMILES string of the molecule is CCCOc1ccc(C=C2C(=O)N(c3ccc(Cl)c(Cl)c3)N=C2C)cc1OC. The molecule has 2 aromatic rings. The fourth-order valence-corrected chi connectivity index (χ4v) is 3.04. The highest BCUT2D eigenvalue weighted by Gasteiger charge is 2.29. The summed E-state index contributed by atoms with van der Waals surface area (Å²) in [6, 6.07) is 10.5. The molecular weight excluding hydrogens is 399 g/mol. The van der Waals surface area contributed by atoms with E-state index in [0.717, 1.165) is 12.0 Å². The molecule has 0 saturated heterocycles. The minimum Gasteiger partial charge on any atom is -0.493 e. The van der Waals surface area contributed by atoms with Crippen molar-refractivity contribution in [3.63, 3.8) is 0 Å². The molecule has 0 saturated carbocycles. The van der Waals surface area contributed by atoms with Crippen molar-refractivity contribution in [3.8, 4) is 11.5 Å². The van der Waals surface area contributed by atoms with E-state index >= 15 is 0 Å². The zero-order valence-electron chi connectivity index (χ0n) is 15.8. The summed E-state index contributed by atoms with van der Waals surface area (Å²) < 4.78 is 11.1. The van der Waals surface area contributed by atoms with Crippen LogP contribution in [0.4, 0.5) is 5.69 Å². The highest BCUT2D eigenvalue weighted by molar-refractivity contribution is 6.42. The number of rotatable bonds is 6. The molecule has 2 aromatic carbocycles. The van der Waals surface area contributed by atoms with Gasteiger partial charge in [-0.2, -0.15) is 10.1 Å². The van der Waals surface area contributed by atoms with Crippen LogP contribution in [0.2, 0.25) is 10.0 Å². The molecule has 1 aliphatic rings. The van der Waals surface area contributed by atoms with Gasteiger partial charge in [0, 0.05) is 0 Å². The summed E-state index contributed by atoms with van der Waals surface area (Å²) >= 11 is 12.0. The van der Waals surface area contributed by atoms with Gasteiger partial charge in [-0.3, -0.25) is 4.79 Å². The van der Waals surface area contributed by atoms with E-state index in [1.807, 2.05) is 25.1 Å². The molecule has 0 atom stereocenters. The first-order chi connectivity index (χ1) is 13.4. The molecule has 0 fully saturated rings. The molecule has 1 heterocycles. The number of amides is 1. The first-order valence-corrected chi connectivity index (χ1v) is 9.57. The van der Waals surface area contributed by atoms with Crippen LogP contribution in [0.15, 0.2) is 47.1 Å². The summed E-state index contributed by atoms with van der Waals surface area (Å²) in [4.78, 5) is 12.9. The van der Waals surface area contributed by atoms with Gasteiger partial charge in [0.2, 0.25) is 0 Å². The second-order valence-electron chi connectivity index (χ2n) is 6.22. The molecule has 1 aliphatic heterocycles. The predicted octanol–water partition coefficient (Wildman–Crippen LogP) is 5.60. The third-order valence-electron chi connectivity index (χ3n) is 4.17. The van der Waals surface area contributed by atoms with Crippen molar-refractivity contribution in [1.82, 2.24) is 0 Å². The molecule has 0 aliphatic carbocycles. The Morgan fingerprint density at radius 1 is 1.11 bits per heavy atom. The van der Waals surface area contributed by atoms with Crippen LogP contribution in [0.5, 0.6) is 11.5 Å². The van der Waals surface area contributed by atoms with Crippen molar-refractivity contribution in [2.75, 3.05) is 18.7 Å². The second-order valence-corrected chi connectivity index (χ2v) is 7.03. The number of halogens is 2. The number of hydrogen-bond donors (Lipinski definition) is 0. The fourth-order valence-electron chi connectivity index (χ4n) is 2.75. The summed E-state index contributed by atoms with van der Waals surface area (Å²) in [6.07, 6.45) is 2.69. The van der Waals surface area contributed by atoms with E-state index in [9.17, 15) is 4.79 Å². The molecule has 5 nitrogen and oxygen atoms in total. The van der Waals surface area contributed by atoms with Gasteiger partial charge in [0.25, 0.3) is 5.91 Å². The van der Waals surface area contributed by atoms with Crippen LogP contribution in [-0.2, 0) is 4.79 Å². The Balaban J connectivity index is 1.89. The highest BCUT2D eigenvalue weighted by atomic mass is 35.5. The molecule has 3 rings (SSSR count). The second kappa shape index (κ2) is 8.67. The Kier molecular flexibility index (Phi) is 6.27. The van der Waals surface area contributed by atoms with Crippen molar-refractivity contribution in [1.29, 1.82) is 0 Å². The largest absolute Gasteiger partial charge is 0.493 e. The van der Waals surface area contributed by atoms with Crippen LogP contribution < -0.4 is 14.5 Å². The number of hydrazone groups is 1. The van der Waals surface area contributed by atoms with E-state index in [1.165, 1.54) is 5.01 Å². The Bertz CT molecular complexity index is 970. The number of carbonyl (C=O) groups is 1. The third-order valence-corrected chi connectivity index (χ3v) is 4.91. The number of hydrogen-bond acceptors (Lipinski definition) is 4. The maximum Gasteiger partial charge on any atom is 0.280 e. The normalized spacial score (nSPS) is 15.2. The molecule has 0 bridgehead atoms. The average Bonchev–Trinajstić information content (AvgIpc) is 2.97. The monoisotopic (exact) mass is 418 g/mol. The quantitative estimate of drug-likeness (QED) is 0.573. The molecular formula is C21H20Cl2N2O3. The maximum atomic E-state index is 12.9. The molecule has 7 heteroatoms. The number of anilines is 1. The van der Waals surface area contributed by atoms with Gasteiger partial charge < -0.3 is 9.47 Å². The molecule has 0 unspecified atom stereocenters. The van der Waals surface area contributed by atoms with Crippen LogP contribution in [0.1, 0.15) is 25.8 Å². The van der Waals surface area contributed by atoms with E-state index in [0.29, 0.717) is 45.1 Å². The molecule has 1 amide bonds. The number of benzene rings is 2. The van der Waals surface area contributed by atoms with Gasteiger partial charge in [-0.05, 0) is 55.3 Å². The summed E-state index contributed by atoms with van der Waals surface area (Å²) in [6.45, 7) is 4.44. The highest BCUT2D eigenvalue weighted by Crippen LogP contribution is 2.32. The lowest BCUT2D eigenvalue weighted by atomic mass is 10.1. The minimum atomic E-state index is -0.235. The van der Waals surface area contributed by atoms with Gasteiger partial charge in [0.05, 0.1) is 40.7 Å². The number of nitrogens with zero attached hydrogens (tertiary/aromatic N) is 2. The van der Waals surface area contributed by atoms with Crippen LogP contribution in [-0.4, -0.2) is 25.3 Å². The van der Waals surface area contributed by atoms with Gasteiger partial charge >= 0.3 is 0 Å². The fraction of sp³-hybridized carbons (Fsp3) is 0.238. The summed E-state index contributed by atoms with van der Waals surface area (Å²) in [7, 11) is 1.59. The minimum absolute atomic E-state index is 0.235. The lowest BCUT2D eigenvalue weighted by Crippen LogP contribution is -2.21. The number of methoxy groups -OCH3 is 1. The van der Waals surface area contributed by atoms with Gasteiger partial charge in [-0.25, -0.2) is 0 Å². The topological polar surface area (TPSA) is 51.1 Å².